The SMILES string of the molecule is CC1COC(c2ccc(-c3cc(F)c(C(F)(F)Oc4cc(F)c(OCCF)c(F)c4)c(F)c3)cc2)OC1. The van der Waals surface area contributed by atoms with Gasteiger partial charge in [-0.3, -0.25) is 0 Å². The first-order valence-corrected chi connectivity index (χ1v) is 11.2. The van der Waals surface area contributed by atoms with Crippen LogP contribution in [-0.2, 0) is 15.6 Å². The van der Waals surface area contributed by atoms with Crippen molar-refractivity contribution in [3.8, 4) is 22.6 Å². The number of benzene rings is 3. The summed E-state index contributed by atoms with van der Waals surface area (Å²) in [5.74, 6) is -8.01. The van der Waals surface area contributed by atoms with E-state index in [4.69, 9.17) is 9.47 Å². The van der Waals surface area contributed by atoms with Gasteiger partial charge in [0.25, 0.3) is 0 Å². The zero-order chi connectivity index (χ0) is 26.7. The highest BCUT2D eigenvalue weighted by Crippen LogP contribution is 2.39. The summed E-state index contributed by atoms with van der Waals surface area (Å²) >= 11 is 0. The molecule has 4 nitrogen and oxygen atoms in total. The molecule has 3 aromatic rings. The molecule has 0 radical (unpaired) electrons. The van der Waals surface area contributed by atoms with Gasteiger partial charge in [0.05, 0.1) is 13.2 Å². The zero-order valence-corrected chi connectivity index (χ0v) is 19.4. The minimum absolute atomic E-state index is 0.0355. The van der Waals surface area contributed by atoms with Gasteiger partial charge in [0.1, 0.15) is 36.2 Å². The highest BCUT2D eigenvalue weighted by molar-refractivity contribution is 5.64. The monoisotopic (exact) mass is 530 g/mol. The number of ether oxygens (including phenoxy) is 4. The summed E-state index contributed by atoms with van der Waals surface area (Å²) in [4.78, 5) is 0. The number of halogens is 7. The minimum Gasteiger partial charge on any atom is -0.485 e. The molecule has 0 aromatic heterocycles. The molecule has 3 aromatic carbocycles. The lowest BCUT2D eigenvalue weighted by molar-refractivity contribution is -0.202. The molecular formula is C26H21F7O4. The van der Waals surface area contributed by atoms with E-state index in [-0.39, 0.29) is 11.5 Å². The van der Waals surface area contributed by atoms with Gasteiger partial charge in [0, 0.05) is 23.6 Å². The molecular weight excluding hydrogens is 509 g/mol. The van der Waals surface area contributed by atoms with Crippen LogP contribution >= 0.6 is 0 Å². The maximum absolute atomic E-state index is 14.7. The van der Waals surface area contributed by atoms with E-state index < -0.39 is 66.0 Å². The lowest BCUT2D eigenvalue weighted by Gasteiger charge is -2.27. The molecule has 0 atom stereocenters. The van der Waals surface area contributed by atoms with Crippen molar-refractivity contribution in [3.05, 3.63) is 82.9 Å². The molecule has 1 aliphatic rings. The van der Waals surface area contributed by atoms with Crippen LogP contribution in [0.15, 0.2) is 48.5 Å². The Balaban J connectivity index is 1.55. The van der Waals surface area contributed by atoms with Crippen LogP contribution in [0.5, 0.6) is 11.5 Å². The molecule has 198 valence electrons. The van der Waals surface area contributed by atoms with Crippen molar-refractivity contribution in [2.75, 3.05) is 26.5 Å². The van der Waals surface area contributed by atoms with Crippen LogP contribution in [0.3, 0.4) is 0 Å². The molecule has 0 saturated carbocycles. The van der Waals surface area contributed by atoms with E-state index >= 15 is 0 Å². The van der Waals surface area contributed by atoms with E-state index in [2.05, 4.69) is 9.47 Å². The molecule has 0 aliphatic carbocycles. The quantitative estimate of drug-likeness (QED) is 0.292. The van der Waals surface area contributed by atoms with Gasteiger partial charge in [-0.25, -0.2) is 22.0 Å². The van der Waals surface area contributed by atoms with Crippen LogP contribution in [0.25, 0.3) is 11.1 Å². The molecule has 37 heavy (non-hydrogen) atoms. The maximum atomic E-state index is 14.7. The summed E-state index contributed by atoms with van der Waals surface area (Å²) in [6.07, 6.45) is -5.22. The van der Waals surface area contributed by atoms with Crippen molar-refractivity contribution in [1.82, 2.24) is 0 Å². The van der Waals surface area contributed by atoms with Gasteiger partial charge >= 0.3 is 6.11 Å². The van der Waals surface area contributed by atoms with Gasteiger partial charge in [0.2, 0.25) is 0 Å². The zero-order valence-electron chi connectivity index (χ0n) is 19.4. The van der Waals surface area contributed by atoms with Gasteiger partial charge < -0.3 is 18.9 Å². The molecule has 0 unspecified atom stereocenters. The second-order valence-electron chi connectivity index (χ2n) is 8.41. The molecule has 0 spiro atoms. The van der Waals surface area contributed by atoms with E-state index in [0.29, 0.717) is 48.6 Å². The third kappa shape index (κ3) is 5.99. The van der Waals surface area contributed by atoms with Crippen LogP contribution in [-0.4, -0.2) is 26.5 Å². The first kappa shape index (κ1) is 26.7. The second-order valence-corrected chi connectivity index (χ2v) is 8.41. The lowest BCUT2D eigenvalue weighted by atomic mass is 10.0. The number of hydrogen-bond acceptors (Lipinski definition) is 4. The molecule has 11 heteroatoms. The van der Waals surface area contributed by atoms with E-state index in [9.17, 15) is 30.7 Å². The van der Waals surface area contributed by atoms with Gasteiger partial charge in [-0.15, -0.1) is 0 Å². The first-order valence-electron chi connectivity index (χ1n) is 11.2. The predicted octanol–water partition coefficient (Wildman–Crippen LogP) is 7.07. The Morgan fingerprint density at radius 1 is 0.838 bits per heavy atom. The third-order valence-corrected chi connectivity index (χ3v) is 5.45. The van der Waals surface area contributed by atoms with Crippen molar-refractivity contribution in [2.24, 2.45) is 5.92 Å². The topological polar surface area (TPSA) is 36.9 Å². The van der Waals surface area contributed by atoms with Crippen LogP contribution in [0, 0.1) is 29.2 Å². The summed E-state index contributed by atoms with van der Waals surface area (Å²) in [6, 6.07) is 8.35. The van der Waals surface area contributed by atoms with Crippen molar-refractivity contribution < 1.29 is 49.7 Å². The summed E-state index contributed by atoms with van der Waals surface area (Å²) in [5, 5.41) is 0. The summed E-state index contributed by atoms with van der Waals surface area (Å²) in [7, 11) is 0. The van der Waals surface area contributed by atoms with E-state index in [1.807, 2.05) is 6.92 Å². The molecule has 0 bridgehead atoms. The van der Waals surface area contributed by atoms with E-state index in [0.717, 1.165) is 0 Å². The van der Waals surface area contributed by atoms with Crippen molar-refractivity contribution >= 4 is 0 Å². The molecule has 0 amide bonds. The molecule has 4 rings (SSSR count). The Morgan fingerprint density at radius 3 is 1.95 bits per heavy atom. The van der Waals surface area contributed by atoms with Gasteiger partial charge in [-0.2, -0.15) is 8.78 Å². The Hall–Kier alpha value is -3.31. The number of alkyl halides is 3. The normalized spacial score (nSPS) is 18.1. The molecule has 0 N–H and O–H groups in total. The van der Waals surface area contributed by atoms with Gasteiger partial charge in [-0.05, 0) is 23.3 Å². The van der Waals surface area contributed by atoms with Crippen LogP contribution < -0.4 is 9.47 Å². The van der Waals surface area contributed by atoms with E-state index in [1.165, 1.54) is 12.1 Å². The Morgan fingerprint density at radius 2 is 1.41 bits per heavy atom. The third-order valence-electron chi connectivity index (χ3n) is 5.45. The maximum Gasteiger partial charge on any atom is 0.432 e. The van der Waals surface area contributed by atoms with Crippen LogP contribution in [0.4, 0.5) is 30.7 Å². The lowest BCUT2D eigenvalue weighted by Crippen LogP contribution is -2.25. The second kappa shape index (κ2) is 11.0. The minimum atomic E-state index is -4.64. The van der Waals surface area contributed by atoms with Crippen LogP contribution in [0.1, 0.15) is 24.3 Å². The summed E-state index contributed by atoms with van der Waals surface area (Å²) in [5.41, 5.74) is -0.778. The van der Waals surface area contributed by atoms with Crippen molar-refractivity contribution in [1.29, 1.82) is 0 Å². The number of hydrogen-bond donors (Lipinski definition) is 0. The molecule has 1 aliphatic heterocycles. The molecule has 1 fully saturated rings. The van der Waals surface area contributed by atoms with Gasteiger partial charge in [0.15, 0.2) is 23.7 Å². The Labute approximate surface area is 207 Å². The Kier molecular flexibility index (Phi) is 7.93. The average molecular weight is 530 g/mol. The smallest absolute Gasteiger partial charge is 0.432 e. The van der Waals surface area contributed by atoms with Crippen LogP contribution in [0.2, 0.25) is 0 Å². The standard InChI is InChI=1S/C26H21F7O4/c1-14-12-35-25(36-13-14)16-4-2-15(3-5-16)17-8-19(28)23(20(29)9-17)26(32,33)37-18-10-21(30)24(22(31)11-18)34-7-6-27/h2-5,8-11,14,25H,6-7,12-13H2,1H3. The molecule has 1 heterocycles. The fourth-order valence-corrected chi connectivity index (χ4v) is 3.72. The molecule has 1 saturated heterocycles. The van der Waals surface area contributed by atoms with Crippen molar-refractivity contribution in [3.63, 3.8) is 0 Å². The number of rotatable bonds is 8. The van der Waals surface area contributed by atoms with Gasteiger partial charge in [-0.1, -0.05) is 31.2 Å². The summed E-state index contributed by atoms with van der Waals surface area (Å²) < 4.78 is 119. The van der Waals surface area contributed by atoms with Crippen molar-refractivity contribution in [2.45, 2.75) is 19.3 Å². The fraction of sp³-hybridized carbons (Fsp3) is 0.308. The average Bonchev–Trinajstić information content (AvgIpc) is 2.83. The van der Waals surface area contributed by atoms with E-state index in [1.54, 1.807) is 12.1 Å². The highest BCUT2D eigenvalue weighted by atomic mass is 19.3. The summed E-state index contributed by atoms with van der Waals surface area (Å²) in [6.45, 7) is 1.28. The fourth-order valence-electron chi connectivity index (χ4n) is 3.72. The first-order chi connectivity index (χ1) is 17.6. The highest BCUT2D eigenvalue weighted by Gasteiger charge is 2.41. The largest absolute Gasteiger partial charge is 0.485 e. The Bertz CT molecular complexity index is 1200. The predicted molar refractivity (Wildman–Crippen MR) is 118 cm³/mol.